The minimum atomic E-state index is -3.80. The number of amides is 1. The minimum absolute atomic E-state index is 0.0802. The molecule has 0 saturated carbocycles. The summed E-state index contributed by atoms with van der Waals surface area (Å²) in [4.78, 5) is 11.8. The topological polar surface area (TPSA) is 103 Å². The van der Waals surface area contributed by atoms with Crippen LogP contribution in [0.2, 0.25) is 0 Å². The van der Waals surface area contributed by atoms with Crippen LogP contribution in [0, 0.1) is 5.92 Å². The number of ether oxygens (including phenoxy) is 1. The number of hydrogen-bond donors (Lipinski definition) is 2. The van der Waals surface area contributed by atoms with Gasteiger partial charge < -0.3 is 14.6 Å². The molecule has 0 aliphatic rings. The highest BCUT2D eigenvalue weighted by atomic mass is 32.2. The quantitative estimate of drug-likeness (QED) is 0.680. The van der Waals surface area contributed by atoms with Gasteiger partial charge in [-0.2, -0.15) is 0 Å². The highest BCUT2D eigenvalue weighted by Crippen LogP contribution is 2.11. The monoisotopic (exact) mass is 317 g/mol. The van der Waals surface area contributed by atoms with Gasteiger partial charge in [0.15, 0.2) is 0 Å². The molecule has 0 bridgehead atoms. The number of nitrogens with one attached hydrogen (secondary N) is 1. The SMILES string of the molecule is CC(C)CCOCCNC(=O)c1cc(S(N)(=O)=O)cn1C. The molecule has 0 radical (unpaired) electrons. The molecular formula is C13H23N3O4S. The number of nitrogens with zero attached hydrogens (tertiary/aromatic N) is 1. The van der Waals surface area contributed by atoms with E-state index in [0.717, 1.165) is 6.42 Å². The van der Waals surface area contributed by atoms with E-state index in [4.69, 9.17) is 9.88 Å². The third kappa shape index (κ3) is 5.86. The molecule has 120 valence electrons. The fourth-order valence-electron chi connectivity index (χ4n) is 1.66. The van der Waals surface area contributed by atoms with E-state index in [-0.39, 0.29) is 16.5 Å². The van der Waals surface area contributed by atoms with Crippen molar-refractivity contribution in [3.05, 3.63) is 18.0 Å². The van der Waals surface area contributed by atoms with Crippen molar-refractivity contribution in [2.45, 2.75) is 25.2 Å². The van der Waals surface area contributed by atoms with Gasteiger partial charge in [-0.3, -0.25) is 4.79 Å². The Labute approximate surface area is 125 Å². The second-order valence-electron chi connectivity index (χ2n) is 5.27. The summed E-state index contributed by atoms with van der Waals surface area (Å²) in [5, 5.41) is 7.70. The van der Waals surface area contributed by atoms with Crippen molar-refractivity contribution in [2.75, 3.05) is 19.8 Å². The number of primary sulfonamides is 1. The Kier molecular flexibility index (Phi) is 6.38. The zero-order valence-corrected chi connectivity index (χ0v) is 13.4. The van der Waals surface area contributed by atoms with Gasteiger partial charge in [0, 0.05) is 26.4 Å². The molecule has 0 fully saturated rings. The number of nitrogens with two attached hydrogens (primary N) is 1. The van der Waals surface area contributed by atoms with Gasteiger partial charge in [-0.1, -0.05) is 13.8 Å². The molecule has 0 aromatic carbocycles. The summed E-state index contributed by atoms with van der Waals surface area (Å²) in [7, 11) is -2.22. The first-order valence-corrected chi connectivity index (χ1v) is 8.31. The van der Waals surface area contributed by atoms with Gasteiger partial charge in [-0.25, -0.2) is 13.6 Å². The summed E-state index contributed by atoms with van der Waals surface area (Å²) in [5.41, 5.74) is 0.237. The lowest BCUT2D eigenvalue weighted by Gasteiger charge is -2.08. The second-order valence-corrected chi connectivity index (χ2v) is 6.83. The summed E-state index contributed by atoms with van der Waals surface area (Å²) < 4.78 is 29.3. The van der Waals surface area contributed by atoms with Gasteiger partial charge in [0.2, 0.25) is 10.0 Å². The Bertz CT molecular complexity index is 578. The Morgan fingerprint density at radius 3 is 2.62 bits per heavy atom. The molecule has 21 heavy (non-hydrogen) atoms. The summed E-state index contributed by atoms with van der Waals surface area (Å²) >= 11 is 0. The Balaban J connectivity index is 2.44. The number of carbonyl (C=O) groups excluding carboxylic acids is 1. The van der Waals surface area contributed by atoms with Crippen molar-refractivity contribution >= 4 is 15.9 Å². The minimum Gasteiger partial charge on any atom is -0.380 e. The van der Waals surface area contributed by atoms with E-state index in [1.54, 1.807) is 7.05 Å². The highest BCUT2D eigenvalue weighted by Gasteiger charge is 2.16. The van der Waals surface area contributed by atoms with Gasteiger partial charge in [0.25, 0.3) is 5.91 Å². The molecule has 0 saturated heterocycles. The first-order valence-electron chi connectivity index (χ1n) is 6.77. The molecular weight excluding hydrogens is 294 g/mol. The summed E-state index contributed by atoms with van der Waals surface area (Å²) in [5.74, 6) is 0.222. The standard InChI is InChI=1S/C13H23N3O4S/c1-10(2)4-6-20-7-5-15-13(17)12-8-11(9-16(12)3)21(14,18)19/h8-10H,4-7H2,1-3H3,(H,15,17)(H2,14,18,19). The number of aromatic nitrogens is 1. The predicted molar refractivity (Wildman–Crippen MR) is 79.4 cm³/mol. The maximum atomic E-state index is 11.9. The molecule has 1 aromatic heterocycles. The summed E-state index contributed by atoms with van der Waals surface area (Å²) in [6.45, 7) is 5.68. The Morgan fingerprint density at radius 2 is 2.10 bits per heavy atom. The third-order valence-corrected chi connectivity index (χ3v) is 3.79. The van der Waals surface area contributed by atoms with E-state index in [1.807, 2.05) is 0 Å². The number of sulfonamides is 1. The zero-order valence-electron chi connectivity index (χ0n) is 12.6. The van der Waals surface area contributed by atoms with Crippen molar-refractivity contribution in [1.82, 2.24) is 9.88 Å². The molecule has 1 rings (SSSR count). The summed E-state index contributed by atoms with van der Waals surface area (Å²) in [6, 6.07) is 1.25. The number of rotatable bonds is 8. The number of hydrogen-bond acceptors (Lipinski definition) is 4. The molecule has 0 spiro atoms. The number of aryl methyl sites for hydroxylation is 1. The van der Waals surface area contributed by atoms with Crippen LogP contribution in [0.3, 0.4) is 0 Å². The molecule has 7 nitrogen and oxygen atoms in total. The molecule has 0 atom stereocenters. The van der Waals surface area contributed by atoms with Crippen LogP contribution in [0.15, 0.2) is 17.2 Å². The van der Waals surface area contributed by atoms with Crippen molar-refractivity contribution in [3.8, 4) is 0 Å². The van der Waals surface area contributed by atoms with Crippen LogP contribution < -0.4 is 10.5 Å². The van der Waals surface area contributed by atoms with Gasteiger partial charge >= 0.3 is 0 Å². The highest BCUT2D eigenvalue weighted by molar-refractivity contribution is 7.89. The molecule has 0 aliphatic heterocycles. The molecule has 8 heteroatoms. The molecule has 1 heterocycles. The number of carbonyl (C=O) groups is 1. The Hall–Kier alpha value is -1.38. The van der Waals surface area contributed by atoms with Gasteiger partial charge in [-0.15, -0.1) is 0 Å². The van der Waals surface area contributed by atoms with Gasteiger partial charge in [0.05, 0.1) is 6.61 Å². The van der Waals surface area contributed by atoms with Crippen LogP contribution in [0.25, 0.3) is 0 Å². The molecule has 0 aliphatic carbocycles. The molecule has 1 aromatic rings. The van der Waals surface area contributed by atoms with E-state index in [9.17, 15) is 13.2 Å². The van der Waals surface area contributed by atoms with E-state index in [1.165, 1.54) is 16.8 Å². The lowest BCUT2D eigenvalue weighted by molar-refractivity contribution is 0.0898. The molecule has 1 amide bonds. The van der Waals surface area contributed by atoms with E-state index in [0.29, 0.717) is 25.7 Å². The third-order valence-electron chi connectivity index (χ3n) is 2.91. The predicted octanol–water partition coefficient (Wildman–Crippen LogP) is 0.465. The molecule has 3 N–H and O–H groups in total. The van der Waals surface area contributed by atoms with Crippen molar-refractivity contribution in [1.29, 1.82) is 0 Å². The van der Waals surface area contributed by atoms with Gasteiger partial charge in [0.1, 0.15) is 10.6 Å². The Morgan fingerprint density at radius 1 is 1.43 bits per heavy atom. The van der Waals surface area contributed by atoms with Crippen LogP contribution >= 0.6 is 0 Å². The maximum absolute atomic E-state index is 11.9. The zero-order chi connectivity index (χ0) is 16.0. The van der Waals surface area contributed by atoms with Crippen molar-refractivity contribution < 1.29 is 17.9 Å². The lowest BCUT2D eigenvalue weighted by Crippen LogP contribution is -2.28. The second kappa shape index (κ2) is 7.58. The first kappa shape index (κ1) is 17.7. The van der Waals surface area contributed by atoms with E-state index in [2.05, 4.69) is 19.2 Å². The van der Waals surface area contributed by atoms with E-state index < -0.39 is 10.0 Å². The van der Waals surface area contributed by atoms with Crippen molar-refractivity contribution in [3.63, 3.8) is 0 Å². The van der Waals surface area contributed by atoms with Crippen LogP contribution in [0.1, 0.15) is 30.8 Å². The van der Waals surface area contributed by atoms with Gasteiger partial charge in [-0.05, 0) is 18.4 Å². The molecule has 0 unspecified atom stereocenters. The van der Waals surface area contributed by atoms with Crippen LogP contribution in [-0.2, 0) is 21.8 Å². The average molecular weight is 317 g/mol. The summed E-state index contributed by atoms with van der Waals surface area (Å²) in [6.07, 6.45) is 2.28. The lowest BCUT2D eigenvalue weighted by atomic mass is 10.1. The van der Waals surface area contributed by atoms with Crippen LogP contribution in [0.5, 0.6) is 0 Å². The van der Waals surface area contributed by atoms with Crippen LogP contribution in [0.4, 0.5) is 0 Å². The fraction of sp³-hybridized carbons (Fsp3) is 0.615. The van der Waals surface area contributed by atoms with Crippen molar-refractivity contribution in [2.24, 2.45) is 18.1 Å². The van der Waals surface area contributed by atoms with E-state index >= 15 is 0 Å². The van der Waals surface area contributed by atoms with Crippen LogP contribution in [-0.4, -0.2) is 38.7 Å². The smallest absolute Gasteiger partial charge is 0.268 e. The maximum Gasteiger partial charge on any atom is 0.268 e. The first-order chi connectivity index (χ1) is 9.71. The normalized spacial score (nSPS) is 11.9. The average Bonchev–Trinajstić information content (AvgIpc) is 2.75. The fourth-order valence-corrected chi connectivity index (χ4v) is 2.24. The largest absolute Gasteiger partial charge is 0.380 e.